The van der Waals surface area contributed by atoms with Crippen molar-refractivity contribution in [2.45, 2.75) is 33.3 Å². The van der Waals surface area contributed by atoms with Gasteiger partial charge in [0.15, 0.2) is 5.60 Å². The highest BCUT2D eigenvalue weighted by molar-refractivity contribution is 6.02. The molecule has 1 saturated heterocycles. The summed E-state index contributed by atoms with van der Waals surface area (Å²) in [6.07, 6.45) is 1.79. The summed E-state index contributed by atoms with van der Waals surface area (Å²) in [5.41, 5.74) is 3.71. The Morgan fingerprint density at radius 1 is 1.00 bits per heavy atom. The molecular weight excluding hydrogens is 466 g/mol. The third-order valence-electron chi connectivity index (χ3n) is 7.05. The first-order valence-electron chi connectivity index (χ1n) is 12.8. The highest BCUT2D eigenvalue weighted by atomic mass is 16.5. The molecule has 0 saturated carbocycles. The van der Waals surface area contributed by atoms with Gasteiger partial charge in [0.1, 0.15) is 11.6 Å². The van der Waals surface area contributed by atoms with Crippen LogP contribution in [-0.2, 0) is 4.79 Å². The number of nitrogens with one attached hydrogen (secondary N) is 2. The lowest BCUT2D eigenvalue weighted by molar-refractivity contribution is -0.132. The molecule has 0 bridgehead atoms. The fourth-order valence-corrected chi connectivity index (χ4v) is 4.75. The molecule has 2 aromatic carbocycles. The third-order valence-corrected chi connectivity index (χ3v) is 7.05. The number of hydrogen-bond acceptors (Lipinski definition) is 8. The number of benzene rings is 2. The van der Waals surface area contributed by atoms with Gasteiger partial charge in [0.2, 0.25) is 5.95 Å². The number of fused-ring (bicyclic) bond motifs is 1. The van der Waals surface area contributed by atoms with E-state index in [0.29, 0.717) is 17.5 Å². The average Bonchev–Trinajstić information content (AvgIpc) is 2.90. The van der Waals surface area contributed by atoms with E-state index >= 15 is 0 Å². The van der Waals surface area contributed by atoms with Crippen molar-refractivity contribution in [3.8, 4) is 5.75 Å². The van der Waals surface area contributed by atoms with Gasteiger partial charge in [0.05, 0.1) is 5.69 Å². The Morgan fingerprint density at radius 3 is 2.41 bits per heavy atom. The predicted octanol–water partition coefficient (Wildman–Crippen LogP) is 4.55. The van der Waals surface area contributed by atoms with Crippen molar-refractivity contribution in [1.29, 1.82) is 0 Å². The average molecular weight is 502 g/mol. The second-order valence-corrected chi connectivity index (χ2v) is 10.1. The summed E-state index contributed by atoms with van der Waals surface area (Å²) in [7, 11) is 1.77. The molecule has 1 aromatic heterocycles. The van der Waals surface area contributed by atoms with Gasteiger partial charge in [-0.05, 0) is 69.8 Å². The monoisotopic (exact) mass is 501 g/mol. The van der Waals surface area contributed by atoms with Crippen LogP contribution in [0, 0.1) is 6.92 Å². The lowest BCUT2D eigenvalue weighted by Gasteiger charge is -2.37. The molecular formula is C28H35N7O2. The first-order chi connectivity index (χ1) is 17.7. The van der Waals surface area contributed by atoms with Crippen LogP contribution in [0.3, 0.4) is 0 Å². The van der Waals surface area contributed by atoms with E-state index in [9.17, 15) is 4.79 Å². The van der Waals surface area contributed by atoms with Crippen LogP contribution in [0.2, 0.25) is 0 Å². The Balaban J connectivity index is 1.28. The lowest BCUT2D eigenvalue weighted by Crippen LogP contribution is -2.50. The Kier molecular flexibility index (Phi) is 6.64. The predicted molar refractivity (Wildman–Crippen MR) is 149 cm³/mol. The minimum absolute atomic E-state index is 0.0870. The van der Waals surface area contributed by atoms with Gasteiger partial charge in [-0.2, -0.15) is 4.98 Å². The molecule has 1 amide bonds. The van der Waals surface area contributed by atoms with Gasteiger partial charge in [-0.3, -0.25) is 4.79 Å². The third kappa shape index (κ3) is 5.17. The minimum atomic E-state index is -0.886. The first-order valence-corrected chi connectivity index (χ1v) is 12.8. The van der Waals surface area contributed by atoms with E-state index in [1.807, 2.05) is 25.1 Å². The van der Waals surface area contributed by atoms with Crippen LogP contribution in [0.1, 0.15) is 26.3 Å². The van der Waals surface area contributed by atoms with E-state index in [1.54, 1.807) is 32.0 Å². The number of carbonyl (C=O) groups is 1. The van der Waals surface area contributed by atoms with E-state index in [2.05, 4.69) is 56.6 Å². The summed E-state index contributed by atoms with van der Waals surface area (Å²) in [6.45, 7) is 13.1. The number of carbonyl (C=O) groups excluding carboxylic acids is 1. The zero-order valence-corrected chi connectivity index (χ0v) is 22.2. The smallest absolute Gasteiger partial charge is 0.270 e. The highest BCUT2D eigenvalue weighted by Gasteiger charge is 2.39. The van der Waals surface area contributed by atoms with Gasteiger partial charge >= 0.3 is 0 Å². The summed E-state index contributed by atoms with van der Waals surface area (Å²) in [6, 6.07) is 14.1. The van der Waals surface area contributed by atoms with Gasteiger partial charge in [-0.15, -0.1) is 0 Å². The highest BCUT2D eigenvalue weighted by Crippen LogP contribution is 2.39. The number of piperazine rings is 1. The largest absolute Gasteiger partial charge is 0.476 e. The molecule has 3 aromatic rings. The van der Waals surface area contributed by atoms with Crippen molar-refractivity contribution in [3.63, 3.8) is 0 Å². The maximum atomic E-state index is 12.6. The van der Waals surface area contributed by atoms with Gasteiger partial charge in [-0.25, -0.2) is 4.98 Å². The second-order valence-electron chi connectivity index (χ2n) is 10.1. The second kappa shape index (κ2) is 9.89. The number of aromatic nitrogens is 2. The van der Waals surface area contributed by atoms with E-state index in [-0.39, 0.29) is 5.91 Å². The van der Waals surface area contributed by atoms with Crippen LogP contribution in [0.25, 0.3) is 0 Å². The molecule has 1 fully saturated rings. The Bertz CT molecular complexity index is 1280. The number of amides is 1. The molecule has 0 aliphatic carbocycles. The van der Waals surface area contributed by atoms with Crippen LogP contribution in [0.4, 0.5) is 34.5 Å². The zero-order valence-electron chi connectivity index (χ0n) is 22.2. The van der Waals surface area contributed by atoms with Crippen molar-refractivity contribution < 1.29 is 9.53 Å². The number of rotatable bonds is 6. The minimum Gasteiger partial charge on any atom is -0.476 e. The van der Waals surface area contributed by atoms with Gasteiger partial charge in [0.25, 0.3) is 5.91 Å². The first kappa shape index (κ1) is 24.8. The molecule has 194 valence electrons. The van der Waals surface area contributed by atoms with Crippen LogP contribution < -0.4 is 25.2 Å². The van der Waals surface area contributed by atoms with Crippen LogP contribution >= 0.6 is 0 Å². The number of aryl methyl sites for hydroxylation is 1. The quantitative estimate of drug-likeness (QED) is 0.509. The molecule has 0 atom stereocenters. The summed E-state index contributed by atoms with van der Waals surface area (Å²) < 4.78 is 5.91. The summed E-state index contributed by atoms with van der Waals surface area (Å²) in [5.74, 6) is 1.79. The maximum Gasteiger partial charge on any atom is 0.270 e. The molecule has 0 unspecified atom stereocenters. The molecule has 37 heavy (non-hydrogen) atoms. The van der Waals surface area contributed by atoms with Crippen LogP contribution in [-0.4, -0.2) is 66.1 Å². The Morgan fingerprint density at radius 2 is 1.70 bits per heavy atom. The normalized spacial score (nSPS) is 17.3. The molecule has 2 aliphatic heterocycles. The molecule has 3 heterocycles. The van der Waals surface area contributed by atoms with Crippen molar-refractivity contribution in [2.75, 3.05) is 60.2 Å². The summed E-state index contributed by atoms with van der Waals surface area (Å²) in [4.78, 5) is 28.3. The van der Waals surface area contributed by atoms with Gasteiger partial charge < -0.3 is 30.1 Å². The van der Waals surface area contributed by atoms with Crippen molar-refractivity contribution in [1.82, 2.24) is 14.9 Å². The Hall–Kier alpha value is -3.85. The summed E-state index contributed by atoms with van der Waals surface area (Å²) in [5, 5.41) is 6.68. The Labute approximate surface area is 218 Å². The fraction of sp³-hybridized carbons (Fsp3) is 0.393. The number of anilines is 6. The summed E-state index contributed by atoms with van der Waals surface area (Å²) >= 11 is 0. The van der Waals surface area contributed by atoms with Gasteiger partial charge in [-0.1, -0.05) is 6.92 Å². The number of ether oxygens (including phenoxy) is 1. The zero-order chi connectivity index (χ0) is 26.2. The molecule has 2 aliphatic rings. The molecule has 9 nitrogen and oxygen atoms in total. The molecule has 0 radical (unpaired) electrons. The molecule has 2 N–H and O–H groups in total. The number of likely N-dealkylation sites (N-methyl/N-ethyl adjacent to an activating group) is 2. The maximum absolute atomic E-state index is 12.6. The number of nitrogens with zero attached hydrogens (tertiary/aromatic N) is 5. The molecule has 0 spiro atoms. The topological polar surface area (TPSA) is 85.9 Å². The SMILES string of the molecule is CCN1CCN(c2ccc(Nc3ncc(C)c(Nc4ccc5c(c4)N(C)C(=O)C(C)(C)O5)n3)cc2)CC1. The fourth-order valence-electron chi connectivity index (χ4n) is 4.75. The van der Waals surface area contributed by atoms with E-state index in [1.165, 1.54) is 5.69 Å². The number of hydrogen-bond donors (Lipinski definition) is 2. The van der Waals surface area contributed by atoms with E-state index < -0.39 is 5.60 Å². The van der Waals surface area contributed by atoms with Crippen molar-refractivity contribution in [2.24, 2.45) is 0 Å². The molecule has 9 heteroatoms. The van der Waals surface area contributed by atoms with Crippen molar-refractivity contribution >= 4 is 40.4 Å². The van der Waals surface area contributed by atoms with E-state index in [0.717, 1.165) is 55.3 Å². The molecule has 5 rings (SSSR count). The lowest BCUT2D eigenvalue weighted by atomic mass is 10.0. The standard InChI is InChI=1S/C28H35N7O2/c1-6-34-13-15-35(16-14-34)22-10-7-20(8-11-22)31-27-29-18-19(2)25(32-27)30-21-9-12-24-23(17-21)33(5)26(36)28(3,4)37-24/h7-12,17-18H,6,13-16H2,1-5H3,(H2,29,30,31,32). The van der Waals surface area contributed by atoms with Crippen LogP contribution in [0.15, 0.2) is 48.7 Å². The van der Waals surface area contributed by atoms with E-state index in [4.69, 9.17) is 9.72 Å². The van der Waals surface area contributed by atoms with Gasteiger partial charge in [0, 0.05) is 62.0 Å². The van der Waals surface area contributed by atoms with Crippen molar-refractivity contribution in [3.05, 3.63) is 54.2 Å². The van der Waals surface area contributed by atoms with Crippen LogP contribution in [0.5, 0.6) is 5.75 Å².